The smallest absolute Gasteiger partial charge is 0.315 e. The van der Waals surface area contributed by atoms with E-state index in [9.17, 15) is 4.79 Å². The van der Waals surface area contributed by atoms with E-state index in [1.54, 1.807) is 18.3 Å². The Hall–Kier alpha value is -2.87. The Kier molecular flexibility index (Phi) is 4.01. The molecule has 3 rings (SSSR count). The van der Waals surface area contributed by atoms with Crippen LogP contribution in [-0.4, -0.2) is 17.1 Å². The Balaban J connectivity index is 1.47. The summed E-state index contributed by atoms with van der Waals surface area (Å²) in [5.74, 6) is 0.409. The first-order valence-electron chi connectivity index (χ1n) is 7.20. The molecule has 1 aromatic heterocycles. The molecule has 1 aromatic carbocycles. The van der Waals surface area contributed by atoms with Crippen molar-refractivity contribution in [1.29, 1.82) is 5.26 Å². The van der Waals surface area contributed by atoms with Crippen LogP contribution in [0, 0.1) is 11.3 Å². The van der Waals surface area contributed by atoms with Gasteiger partial charge in [-0.1, -0.05) is 30.3 Å². The van der Waals surface area contributed by atoms with E-state index in [0.717, 1.165) is 6.42 Å². The van der Waals surface area contributed by atoms with E-state index >= 15 is 0 Å². The second-order valence-corrected chi connectivity index (χ2v) is 5.33. The molecule has 0 spiro atoms. The summed E-state index contributed by atoms with van der Waals surface area (Å²) in [4.78, 5) is 16.0. The monoisotopic (exact) mass is 292 g/mol. The summed E-state index contributed by atoms with van der Waals surface area (Å²) >= 11 is 0. The molecule has 5 heteroatoms. The van der Waals surface area contributed by atoms with Gasteiger partial charge in [0, 0.05) is 18.2 Å². The SMILES string of the molecule is N#Cc1ccnc(CNC(=O)N[C@@H]2C[C@H]2c2ccccc2)c1. The highest BCUT2D eigenvalue weighted by Crippen LogP contribution is 2.40. The highest BCUT2D eigenvalue weighted by atomic mass is 16.2. The Morgan fingerprint density at radius 3 is 2.91 bits per heavy atom. The topological polar surface area (TPSA) is 77.8 Å². The average Bonchev–Trinajstić information content (AvgIpc) is 3.33. The minimum atomic E-state index is -0.201. The molecule has 110 valence electrons. The van der Waals surface area contributed by atoms with Crippen LogP contribution in [0.25, 0.3) is 0 Å². The minimum absolute atomic E-state index is 0.195. The van der Waals surface area contributed by atoms with E-state index < -0.39 is 0 Å². The predicted octanol–water partition coefficient (Wildman–Crippen LogP) is 2.31. The number of nitrogens with zero attached hydrogens (tertiary/aromatic N) is 2. The van der Waals surface area contributed by atoms with Crippen molar-refractivity contribution in [2.24, 2.45) is 0 Å². The summed E-state index contributed by atoms with van der Waals surface area (Å²) in [6, 6.07) is 15.5. The summed E-state index contributed by atoms with van der Waals surface area (Å²) in [5, 5.41) is 14.6. The van der Waals surface area contributed by atoms with Crippen LogP contribution < -0.4 is 10.6 Å². The first kappa shape index (κ1) is 14.1. The number of nitrogens with one attached hydrogen (secondary N) is 2. The summed E-state index contributed by atoms with van der Waals surface area (Å²) in [7, 11) is 0. The third-order valence-corrected chi connectivity index (χ3v) is 3.71. The van der Waals surface area contributed by atoms with Crippen molar-refractivity contribution in [3.8, 4) is 6.07 Å². The lowest BCUT2D eigenvalue weighted by Gasteiger charge is -2.07. The number of urea groups is 1. The Bertz CT molecular complexity index is 708. The van der Waals surface area contributed by atoms with Gasteiger partial charge in [0.05, 0.1) is 23.9 Å². The molecular weight excluding hydrogens is 276 g/mol. The zero-order valence-electron chi connectivity index (χ0n) is 12.0. The largest absolute Gasteiger partial charge is 0.335 e. The lowest BCUT2D eigenvalue weighted by atomic mass is 10.1. The fourth-order valence-electron chi connectivity index (χ4n) is 2.46. The minimum Gasteiger partial charge on any atom is -0.335 e. The molecule has 0 saturated heterocycles. The molecule has 1 aliphatic carbocycles. The molecule has 2 atom stereocenters. The quantitative estimate of drug-likeness (QED) is 0.907. The van der Waals surface area contributed by atoms with Gasteiger partial charge in [-0.05, 0) is 24.1 Å². The number of rotatable bonds is 4. The number of carbonyl (C=O) groups excluding carboxylic acids is 1. The molecule has 1 heterocycles. The van der Waals surface area contributed by atoms with Gasteiger partial charge < -0.3 is 10.6 Å². The molecule has 0 radical (unpaired) electrons. The molecule has 2 aromatic rings. The van der Waals surface area contributed by atoms with Crippen LogP contribution in [0.2, 0.25) is 0 Å². The lowest BCUT2D eigenvalue weighted by Crippen LogP contribution is -2.37. The van der Waals surface area contributed by atoms with Crippen LogP contribution in [0.5, 0.6) is 0 Å². The number of carbonyl (C=O) groups is 1. The van der Waals surface area contributed by atoms with Gasteiger partial charge in [0.2, 0.25) is 0 Å². The molecule has 0 bridgehead atoms. The molecule has 2 N–H and O–H groups in total. The number of amides is 2. The zero-order chi connectivity index (χ0) is 15.4. The van der Waals surface area contributed by atoms with Crippen LogP contribution in [0.1, 0.15) is 29.2 Å². The first-order valence-corrected chi connectivity index (χ1v) is 7.20. The molecule has 1 saturated carbocycles. The van der Waals surface area contributed by atoms with Gasteiger partial charge in [0.15, 0.2) is 0 Å². The number of benzene rings is 1. The molecule has 22 heavy (non-hydrogen) atoms. The van der Waals surface area contributed by atoms with Gasteiger partial charge in [-0.25, -0.2) is 4.79 Å². The summed E-state index contributed by atoms with van der Waals surface area (Å²) < 4.78 is 0. The van der Waals surface area contributed by atoms with Crippen LogP contribution in [-0.2, 0) is 6.54 Å². The van der Waals surface area contributed by atoms with Crippen LogP contribution in [0.15, 0.2) is 48.7 Å². The third-order valence-electron chi connectivity index (χ3n) is 3.71. The van der Waals surface area contributed by atoms with E-state index in [1.807, 2.05) is 18.2 Å². The predicted molar refractivity (Wildman–Crippen MR) is 81.9 cm³/mol. The molecule has 1 fully saturated rings. The molecule has 0 unspecified atom stereocenters. The highest BCUT2D eigenvalue weighted by molar-refractivity contribution is 5.74. The third kappa shape index (κ3) is 3.41. The maximum atomic E-state index is 11.9. The summed E-state index contributed by atoms with van der Waals surface area (Å²) in [6.45, 7) is 0.310. The van der Waals surface area contributed by atoms with Crippen molar-refractivity contribution in [3.63, 3.8) is 0 Å². The first-order chi connectivity index (χ1) is 10.8. The number of hydrogen-bond acceptors (Lipinski definition) is 3. The van der Waals surface area contributed by atoms with Gasteiger partial charge in [0.25, 0.3) is 0 Å². The van der Waals surface area contributed by atoms with E-state index in [2.05, 4.69) is 33.8 Å². The average molecular weight is 292 g/mol. The Morgan fingerprint density at radius 1 is 1.32 bits per heavy atom. The fourth-order valence-corrected chi connectivity index (χ4v) is 2.46. The van der Waals surface area contributed by atoms with E-state index in [-0.39, 0.29) is 12.1 Å². The van der Waals surface area contributed by atoms with Crippen LogP contribution in [0.4, 0.5) is 4.79 Å². The number of nitriles is 1. The number of hydrogen-bond donors (Lipinski definition) is 2. The van der Waals surface area contributed by atoms with Crippen LogP contribution in [0.3, 0.4) is 0 Å². The Labute approximate surface area is 129 Å². The van der Waals surface area contributed by atoms with Gasteiger partial charge in [-0.3, -0.25) is 4.98 Å². The molecule has 1 aliphatic rings. The summed E-state index contributed by atoms with van der Waals surface area (Å²) in [6.07, 6.45) is 2.54. The normalized spacial score (nSPS) is 19.0. The molecular formula is C17H16N4O. The second kappa shape index (κ2) is 6.27. The standard InChI is InChI=1S/C17H16N4O/c18-10-12-6-7-19-14(8-12)11-20-17(22)21-16-9-15(16)13-4-2-1-3-5-13/h1-8,15-16H,9,11H2,(H2,20,21,22)/t15-,16+/m0/s1. The molecule has 5 nitrogen and oxygen atoms in total. The van der Waals surface area contributed by atoms with E-state index in [4.69, 9.17) is 5.26 Å². The van der Waals surface area contributed by atoms with Crippen molar-refractivity contribution in [2.45, 2.75) is 24.9 Å². The van der Waals surface area contributed by atoms with Crippen molar-refractivity contribution < 1.29 is 4.79 Å². The zero-order valence-corrected chi connectivity index (χ0v) is 12.0. The second-order valence-electron chi connectivity index (χ2n) is 5.33. The van der Waals surface area contributed by atoms with Gasteiger partial charge in [-0.2, -0.15) is 5.26 Å². The van der Waals surface area contributed by atoms with Gasteiger partial charge >= 0.3 is 6.03 Å². The van der Waals surface area contributed by atoms with Gasteiger partial charge in [-0.15, -0.1) is 0 Å². The fraction of sp³-hybridized carbons (Fsp3) is 0.235. The van der Waals surface area contributed by atoms with Crippen molar-refractivity contribution in [3.05, 3.63) is 65.5 Å². The summed E-state index contributed by atoms with van der Waals surface area (Å²) in [5.41, 5.74) is 2.47. The maximum Gasteiger partial charge on any atom is 0.315 e. The van der Waals surface area contributed by atoms with Crippen LogP contribution >= 0.6 is 0 Å². The van der Waals surface area contributed by atoms with Gasteiger partial charge in [0.1, 0.15) is 0 Å². The molecule has 2 amide bonds. The van der Waals surface area contributed by atoms with Crippen molar-refractivity contribution in [1.82, 2.24) is 15.6 Å². The van der Waals surface area contributed by atoms with Crippen molar-refractivity contribution in [2.75, 3.05) is 0 Å². The number of aromatic nitrogens is 1. The molecule has 0 aliphatic heterocycles. The maximum absolute atomic E-state index is 11.9. The number of pyridine rings is 1. The van der Waals surface area contributed by atoms with E-state index in [1.165, 1.54) is 5.56 Å². The lowest BCUT2D eigenvalue weighted by molar-refractivity contribution is 0.240. The van der Waals surface area contributed by atoms with Crippen molar-refractivity contribution >= 4 is 6.03 Å². The highest BCUT2D eigenvalue weighted by Gasteiger charge is 2.39. The Morgan fingerprint density at radius 2 is 2.14 bits per heavy atom. The van der Waals surface area contributed by atoms with E-state index in [0.29, 0.717) is 23.7 Å².